The molecular weight excluding hydrogens is 268 g/mol. The molecule has 0 aliphatic carbocycles. The van der Waals surface area contributed by atoms with E-state index in [1.165, 1.54) is 12.4 Å². The highest BCUT2D eigenvalue weighted by molar-refractivity contribution is 6.33. The molecule has 6 heteroatoms. The third kappa shape index (κ3) is 1.89. The first-order valence-electron chi connectivity index (χ1n) is 6.24. The molecule has 0 aromatic carbocycles. The SMILES string of the molecule is O=C(O)C1CC2CCC1N2C(=O)c1cnccc1Cl. The number of pyridine rings is 1. The zero-order valence-corrected chi connectivity index (χ0v) is 10.9. The third-order valence-corrected chi connectivity index (χ3v) is 4.42. The summed E-state index contributed by atoms with van der Waals surface area (Å²) in [5.74, 6) is -1.46. The first-order chi connectivity index (χ1) is 9.09. The molecule has 1 N–H and O–H groups in total. The maximum absolute atomic E-state index is 12.5. The van der Waals surface area contributed by atoms with Crippen molar-refractivity contribution in [1.82, 2.24) is 9.88 Å². The van der Waals surface area contributed by atoms with Crippen LogP contribution in [-0.2, 0) is 4.79 Å². The van der Waals surface area contributed by atoms with E-state index in [0.717, 1.165) is 12.8 Å². The summed E-state index contributed by atoms with van der Waals surface area (Å²) in [7, 11) is 0. The van der Waals surface area contributed by atoms with E-state index < -0.39 is 11.9 Å². The molecule has 3 atom stereocenters. The standard InChI is InChI=1S/C13H13ClN2O3/c14-10-3-4-15-6-9(10)12(17)16-7-1-2-11(16)8(5-7)13(18)19/h3-4,6-8,11H,1-2,5H2,(H,18,19). The number of amides is 1. The summed E-state index contributed by atoms with van der Waals surface area (Å²) in [4.78, 5) is 29.3. The van der Waals surface area contributed by atoms with E-state index in [9.17, 15) is 14.7 Å². The number of hydrogen-bond donors (Lipinski definition) is 1. The Morgan fingerprint density at radius 1 is 1.42 bits per heavy atom. The molecule has 0 radical (unpaired) electrons. The molecule has 3 rings (SSSR count). The van der Waals surface area contributed by atoms with E-state index in [0.29, 0.717) is 17.0 Å². The predicted molar refractivity (Wildman–Crippen MR) is 68.0 cm³/mol. The molecule has 5 nitrogen and oxygen atoms in total. The first kappa shape index (κ1) is 12.4. The van der Waals surface area contributed by atoms with E-state index in [1.807, 2.05) is 0 Å². The molecule has 19 heavy (non-hydrogen) atoms. The van der Waals surface area contributed by atoms with Crippen molar-refractivity contribution in [3.8, 4) is 0 Å². The zero-order valence-electron chi connectivity index (χ0n) is 10.1. The van der Waals surface area contributed by atoms with E-state index in [4.69, 9.17) is 11.6 Å². The lowest BCUT2D eigenvalue weighted by Crippen LogP contribution is -2.38. The van der Waals surface area contributed by atoms with Gasteiger partial charge in [-0.2, -0.15) is 0 Å². The Labute approximate surface area is 115 Å². The number of aliphatic carboxylic acids is 1. The average Bonchev–Trinajstić information content (AvgIpc) is 2.96. The number of aromatic nitrogens is 1. The third-order valence-electron chi connectivity index (χ3n) is 4.09. The Morgan fingerprint density at radius 3 is 2.84 bits per heavy atom. The van der Waals surface area contributed by atoms with Crippen LogP contribution in [-0.4, -0.2) is 39.0 Å². The maximum Gasteiger partial charge on any atom is 0.308 e. The van der Waals surface area contributed by atoms with Gasteiger partial charge in [0.1, 0.15) is 0 Å². The fraction of sp³-hybridized carbons (Fsp3) is 0.462. The second kappa shape index (κ2) is 4.49. The van der Waals surface area contributed by atoms with Gasteiger partial charge in [0.15, 0.2) is 0 Å². The fourth-order valence-corrected chi connectivity index (χ4v) is 3.43. The van der Waals surface area contributed by atoms with E-state index in [2.05, 4.69) is 4.98 Å². The molecule has 1 aromatic heterocycles. The minimum atomic E-state index is -0.817. The van der Waals surface area contributed by atoms with Crippen LogP contribution in [0.25, 0.3) is 0 Å². The van der Waals surface area contributed by atoms with Crippen molar-refractivity contribution >= 4 is 23.5 Å². The predicted octanol–water partition coefficient (Wildman–Crippen LogP) is 1.81. The fourth-order valence-electron chi connectivity index (χ4n) is 3.24. The highest BCUT2D eigenvalue weighted by Crippen LogP contribution is 2.42. The van der Waals surface area contributed by atoms with Gasteiger partial charge in [-0.1, -0.05) is 11.6 Å². The van der Waals surface area contributed by atoms with Crippen LogP contribution in [0, 0.1) is 5.92 Å². The second-order valence-electron chi connectivity index (χ2n) is 5.05. The van der Waals surface area contributed by atoms with Crippen molar-refractivity contribution in [3.63, 3.8) is 0 Å². The van der Waals surface area contributed by atoms with Crippen LogP contribution in [0.15, 0.2) is 18.5 Å². The van der Waals surface area contributed by atoms with Gasteiger partial charge in [0, 0.05) is 24.5 Å². The molecule has 3 heterocycles. The van der Waals surface area contributed by atoms with Crippen LogP contribution >= 0.6 is 11.6 Å². The summed E-state index contributed by atoms with van der Waals surface area (Å²) in [6, 6.07) is 1.39. The van der Waals surface area contributed by atoms with Crippen molar-refractivity contribution in [2.24, 2.45) is 5.92 Å². The minimum absolute atomic E-state index is 0.0230. The highest BCUT2D eigenvalue weighted by Gasteiger charge is 2.51. The summed E-state index contributed by atoms with van der Waals surface area (Å²) >= 11 is 6.01. The Bertz CT molecular complexity index is 548. The lowest BCUT2D eigenvalue weighted by Gasteiger charge is -2.23. The first-order valence-corrected chi connectivity index (χ1v) is 6.62. The molecule has 100 valence electrons. The van der Waals surface area contributed by atoms with Gasteiger partial charge in [-0.3, -0.25) is 14.6 Å². The number of carboxylic acid groups (broad SMARTS) is 1. The van der Waals surface area contributed by atoms with Crippen molar-refractivity contribution in [2.75, 3.05) is 0 Å². The molecule has 0 saturated carbocycles. The number of nitrogens with zero attached hydrogens (tertiary/aromatic N) is 2. The molecule has 2 saturated heterocycles. The van der Waals surface area contributed by atoms with Crippen LogP contribution < -0.4 is 0 Å². The van der Waals surface area contributed by atoms with Crippen LogP contribution in [0.1, 0.15) is 29.6 Å². The largest absolute Gasteiger partial charge is 0.481 e. The van der Waals surface area contributed by atoms with E-state index in [-0.39, 0.29) is 18.0 Å². The van der Waals surface area contributed by atoms with Crippen LogP contribution in [0.4, 0.5) is 0 Å². The van der Waals surface area contributed by atoms with Gasteiger partial charge in [-0.15, -0.1) is 0 Å². The molecule has 0 spiro atoms. The van der Waals surface area contributed by atoms with Crippen molar-refractivity contribution in [2.45, 2.75) is 31.3 Å². The van der Waals surface area contributed by atoms with Crippen LogP contribution in [0.2, 0.25) is 5.02 Å². The quantitative estimate of drug-likeness (QED) is 0.897. The van der Waals surface area contributed by atoms with Crippen molar-refractivity contribution in [1.29, 1.82) is 0 Å². The summed E-state index contributed by atoms with van der Waals surface area (Å²) in [5.41, 5.74) is 0.354. The van der Waals surface area contributed by atoms with Gasteiger partial charge in [0.25, 0.3) is 5.91 Å². The maximum atomic E-state index is 12.5. The molecule has 2 bridgehead atoms. The number of fused-ring (bicyclic) bond motifs is 2. The lowest BCUT2D eigenvalue weighted by atomic mass is 9.89. The van der Waals surface area contributed by atoms with Gasteiger partial charge in [-0.25, -0.2) is 0 Å². The van der Waals surface area contributed by atoms with Crippen LogP contribution in [0.3, 0.4) is 0 Å². The molecule has 1 amide bonds. The number of carbonyl (C=O) groups is 2. The highest BCUT2D eigenvalue weighted by atomic mass is 35.5. The normalized spacial score (nSPS) is 28.7. The lowest BCUT2D eigenvalue weighted by molar-refractivity contribution is -0.142. The number of carboxylic acids is 1. The average molecular weight is 281 g/mol. The van der Waals surface area contributed by atoms with Gasteiger partial charge in [0.2, 0.25) is 0 Å². The van der Waals surface area contributed by atoms with Crippen LogP contribution in [0.5, 0.6) is 0 Å². The summed E-state index contributed by atoms with van der Waals surface area (Å²) in [6.45, 7) is 0. The Balaban J connectivity index is 1.90. The summed E-state index contributed by atoms with van der Waals surface area (Å²) in [5, 5.41) is 9.54. The number of carbonyl (C=O) groups excluding carboxylic acids is 1. The van der Waals surface area contributed by atoms with Crippen molar-refractivity contribution in [3.05, 3.63) is 29.0 Å². The van der Waals surface area contributed by atoms with Gasteiger partial charge in [0.05, 0.1) is 16.5 Å². The molecule has 2 fully saturated rings. The smallest absolute Gasteiger partial charge is 0.308 e. The molecule has 2 aliphatic rings. The zero-order chi connectivity index (χ0) is 13.6. The number of hydrogen-bond acceptors (Lipinski definition) is 3. The minimum Gasteiger partial charge on any atom is -0.481 e. The Morgan fingerprint density at radius 2 is 2.21 bits per heavy atom. The van der Waals surface area contributed by atoms with Gasteiger partial charge in [-0.05, 0) is 25.3 Å². The van der Waals surface area contributed by atoms with E-state index in [1.54, 1.807) is 11.0 Å². The number of halogens is 1. The molecule has 1 aromatic rings. The monoisotopic (exact) mass is 280 g/mol. The molecule has 2 aliphatic heterocycles. The topological polar surface area (TPSA) is 70.5 Å². The molecule has 3 unspecified atom stereocenters. The van der Waals surface area contributed by atoms with Crippen molar-refractivity contribution < 1.29 is 14.7 Å². The van der Waals surface area contributed by atoms with Gasteiger partial charge < -0.3 is 10.0 Å². The van der Waals surface area contributed by atoms with Gasteiger partial charge >= 0.3 is 5.97 Å². The Hall–Kier alpha value is -1.62. The molecular formula is C13H13ClN2O3. The second-order valence-corrected chi connectivity index (χ2v) is 5.45. The Kier molecular flexibility index (Phi) is 2.93. The van der Waals surface area contributed by atoms with E-state index >= 15 is 0 Å². The number of rotatable bonds is 2. The summed E-state index contributed by atoms with van der Waals surface area (Å²) in [6.07, 6.45) is 5.14. The summed E-state index contributed by atoms with van der Waals surface area (Å²) < 4.78 is 0.